The summed E-state index contributed by atoms with van der Waals surface area (Å²) in [6.45, 7) is 2.93. The summed E-state index contributed by atoms with van der Waals surface area (Å²) in [7, 11) is 0. The Balaban J connectivity index is 1.60. The summed E-state index contributed by atoms with van der Waals surface area (Å²) in [6, 6.07) is 14.9. The molecule has 26 heavy (non-hydrogen) atoms. The van der Waals surface area contributed by atoms with Crippen molar-refractivity contribution in [1.82, 2.24) is 4.98 Å². The molecule has 5 nitrogen and oxygen atoms in total. The van der Waals surface area contributed by atoms with Gasteiger partial charge >= 0.3 is 0 Å². The van der Waals surface area contributed by atoms with E-state index in [1.54, 1.807) is 5.51 Å². The molecule has 0 bridgehead atoms. The summed E-state index contributed by atoms with van der Waals surface area (Å²) < 4.78 is 11.2. The van der Waals surface area contributed by atoms with Gasteiger partial charge in [0.25, 0.3) is 0 Å². The van der Waals surface area contributed by atoms with Gasteiger partial charge in [-0.1, -0.05) is 24.3 Å². The summed E-state index contributed by atoms with van der Waals surface area (Å²) in [5.74, 6) is 1.33. The molecule has 0 spiro atoms. The molecule has 3 aromatic rings. The van der Waals surface area contributed by atoms with Crippen LogP contribution in [0.3, 0.4) is 0 Å². The topological polar surface area (TPSA) is 60.5 Å². The number of hydrogen-bond donors (Lipinski definition) is 1. The van der Waals surface area contributed by atoms with Gasteiger partial charge in [-0.15, -0.1) is 11.3 Å². The molecule has 0 atom stereocenters. The number of nitrogens with one attached hydrogen (secondary N) is 1. The van der Waals surface area contributed by atoms with Crippen molar-refractivity contribution in [3.05, 3.63) is 70.7 Å². The summed E-state index contributed by atoms with van der Waals surface area (Å²) in [5.41, 5.74) is 4.21. The lowest BCUT2D eigenvalue weighted by atomic mass is 10.1. The predicted octanol–water partition coefficient (Wildman–Crippen LogP) is 4.30. The zero-order valence-corrected chi connectivity index (χ0v) is 15.3. The van der Waals surface area contributed by atoms with Crippen LogP contribution < -0.4 is 14.8 Å². The van der Waals surface area contributed by atoms with Gasteiger partial charge in [0.1, 0.15) is 18.1 Å². The second-order valence-electron chi connectivity index (χ2n) is 5.57. The van der Waals surface area contributed by atoms with E-state index in [1.807, 2.05) is 60.8 Å². The number of hydrogen-bond acceptors (Lipinski definition) is 5. The summed E-state index contributed by atoms with van der Waals surface area (Å²) >= 11 is 1.52. The molecule has 134 valence electrons. The number of carbonyl (C=O) groups excluding carboxylic acids is 1. The molecule has 0 saturated heterocycles. The highest BCUT2D eigenvalue weighted by Crippen LogP contribution is 2.25. The molecule has 0 saturated carbocycles. The van der Waals surface area contributed by atoms with E-state index in [0.29, 0.717) is 24.7 Å². The molecule has 6 heteroatoms. The first kappa shape index (κ1) is 17.9. The minimum atomic E-state index is -0.0983. The number of rotatable bonds is 8. The smallest absolute Gasteiger partial charge is 0.228 e. The van der Waals surface area contributed by atoms with Gasteiger partial charge in [-0.25, -0.2) is 4.98 Å². The van der Waals surface area contributed by atoms with Gasteiger partial charge < -0.3 is 14.8 Å². The van der Waals surface area contributed by atoms with E-state index in [0.717, 1.165) is 17.0 Å². The van der Waals surface area contributed by atoms with Crippen molar-refractivity contribution in [3.8, 4) is 11.5 Å². The lowest BCUT2D eigenvalue weighted by Gasteiger charge is -2.12. The molecule has 1 amide bonds. The van der Waals surface area contributed by atoms with Crippen molar-refractivity contribution in [2.24, 2.45) is 0 Å². The van der Waals surface area contributed by atoms with Gasteiger partial charge in [-0.05, 0) is 36.8 Å². The number of nitrogens with zero attached hydrogens (tertiary/aromatic N) is 1. The van der Waals surface area contributed by atoms with Crippen molar-refractivity contribution in [2.45, 2.75) is 20.0 Å². The average Bonchev–Trinajstić information content (AvgIpc) is 3.16. The molecule has 1 heterocycles. The fourth-order valence-electron chi connectivity index (χ4n) is 2.41. The number of thiazole rings is 1. The maximum Gasteiger partial charge on any atom is 0.228 e. The zero-order valence-electron chi connectivity index (χ0n) is 14.5. The van der Waals surface area contributed by atoms with E-state index >= 15 is 0 Å². The molecule has 0 aliphatic rings. The van der Waals surface area contributed by atoms with Gasteiger partial charge in [-0.3, -0.25) is 4.79 Å². The van der Waals surface area contributed by atoms with Crippen LogP contribution in [0.25, 0.3) is 0 Å². The Bertz CT molecular complexity index is 833. The van der Waals surface area contributed by atoms with E-state index in [9.17, 15) is 4.79 Å². The lowest BCUT2D eigenvalue weighted by molar-refractivity contribution is -0.115. The number of benzene rings is 2. The predicted molar refractivity (Wildman–Crippen MR) is 103 cm³/mol. The first-order chi connectivity index (χ1) is 12.7. The summed E-state index contributed by atoms with van der Waals surface area (Å²) in [5, 5.41) is 4.85. The van der Waals surface area contributed by atoms with Crippen molar-refractivity contribution < 1.29 is 14.3 Å². The standard InChI is InChI=1S/C20H20N2O3S/c1-2-24-17-9-7-15(8-10-17)11-20(23)22-18-5-3-4-6-19(18)25-12-16-13-26-14-21-16/h3-10,13-14H,2,11-12H2,1H3,(H,22,23). The summed E-state index contributed by atoms with van der Waals surface area (Å²) in [4.78, 5) is 16.6. The number of anilines is 1. The molecule has 1 aromatic heterocycles. The highest BCUT2D eigenvalue weighted by Gasteiger charge is 2.09. The van der Waals surface area contributed by atoms with Gasteiger partial charge in [0, 0.05) is 5.38 Å². The fourth-order valence-corrected chi connectivity index (χ4v) is 2.95. The molecule has 0 radical (unpaired) electrons. The third kappa shape index (κ3) is 5.07. The van der Waals surface area contributed by atoms with E-state index in [4.69, 9.17) is 9.47 Å². The quantitative estimate of drug-likeness (QED) is 0.644. The molecule has 2 aromatic carbocycles. The number of carbonyl (C=O) groups is 1. The SMILES string of the molecule is CCOc1ccc(CC(=O)Nc2ccccc2OCc2cscn2)cc1. The van der Waals surface area contributed by atoms with Crippen molar-refractivity contribution in [3.63, 3.8) is 0 Å². The Hall–Kier alpha value is -2.86. The zero-order chi connectivity index (χ0) is 18.2. The van der Waals surface area contributed by atoms with E-state index in [2.05, 4.69) is 10.3 Å². The molecule has 0 unspecified atom stereocenters. The van der Waals surface area contributed by atoms with Crippen LogP contribution in [0.5, 0.6) is 11.5 Å². The van der Waals surface area contributed by atoms with Gasteiger partial charge in [0.15, 0.2) is 0 Å². The number of ether oxygens (including phenoxy) is 2. The molecule has 3 rings (SSSR count). The highest BCUT2D eigenvalue weighted by molar-refractivity contribution is 7.07. The minimum absolute atomic E-state index is 0.0983. The molecule has 1 N–H and O–H groups in total. The van der Waals surface area contributed by atoms with Crippen LogP contribution >= 0.6 is 11.3 Å². The molecule has 0 fully saturated rings. The van der Waals surface area contributed by atoms with E-state index in [-0.39, 0.29) is 12.3 Å². The minimum Gasteiger partial charge on any atom is -0.494 e. The first-order valence-corrected chi connectivity index (χ1v) is 9.29. The Morgan fingerprint density at radius 3 is 2.65 bits per heavy atom. The maximum absolute atomic E-state index is 12.4. The third-order valence-electron chi connectivity index (χ3n) is 3.62. The van der Waals surface area contributed by atoms with E-state index in [1.165, 1.54) is 11.3 Å². The second kappa shape index (κ2) is 9.01. The summed E-state index contributed by atoms with van der Waals surface area (Å²) in [6.07, 6.45) is 0.285. The Morgan fingerprint density at radius 2 is 1.92 bits per heavy atom. The van der Waals surface area contributed by atoms with Crippen molar-refractivity contribution >= 4 is 22.9 Å². The lowest BCUT2D eigenvalue weighted by Crippen LogP contribution is -2.15. The Morgan fingerprint density at radius 1 is 1.12 bits per heavy atom. The van der Waals surface area contributed by atoms with Crippen molar-refractivity contribution in [2.75, 3.05) is 11.9 Å². The fraction of sp³-hybridized carbons (Fsp3) is 0.200. The van der Waals surface area contributed by atoms with Crippen LogP contribution in [0, 0.1) is 0 Å². The molecule has 0 aliphatic carbocycles. The van der Waals surface area contributed by atoms with Crippen molar-refractivity contribution in [1.29, 1.82) is 0 Å². The highest BCUT2D eigenvalue weighted by atomic mass is 32.1. The second-order valence-corrected chi connectivity index (χ2v) is 6.29. The van der Waals surface area contributed by atoms with Crippen LogP contribution in [-0.2, 0) is 17.8 Å². The third-order valence-corrected chi connectivity index (χ3v) is 4.25. The van der Waals surface area contributed by atoms with Crippen LogP contribution in [0.1, 0.15) is 18.2 Å². The van der Waals surface area contributed by atoms with Crippen LogP contribution in [0.15, 0.2) is 59.4 Å². The van der Waals surface area contributed by atoms with Gasteiger partial charge in [-0.2, -0.15) is 0 Å². The maximum atomic E-state index is 12.4. The first-order valence-electron chi connectivity index (χ1n) is 8.35. The van der Waals surface area contributed by atoms with Gasteiger partial charge in [0.05, 0.1) is 29.9 Å². The van der Waals surface area contributed by atoms with Crippen LogP contribution in [0.4, 0.5) is 5.69 Å². The number of amides is 1. The largest absolute Gasteiger partial charge is 0.494 e. The number of para-hydroxylation sites is 2. The van der Waals surface area contributed by atoms with Gasteiger partial charge in [0.2, 0.25) is 5.91 Å². The normalized spacial score (nSPS) is 10.3. The Kier molecular flexibility index (Phi) is 6.22. The average molecular weight is 368 g/mol. The number of aromatic nitrogens is 1. The van der Waals surface area contributed by atoms with Crippen LogP contribution in [0.2, 0.25) is 0 Å². The van der Waals surface area contributed by atoms with Crippen LogP contribution in [-0.4, -0.2) is 17.5 Å². The Labute approximate surface area is 156 Å². The molecular weight excluding hydrogens is 348 g/mol. The molecular formula is C20H20N2O3S. The molecule has 0 aliphatic heterocycles. The monoisotopic (exact) mass is 368 g/mol. The van der Waals surface area contributed by atoms with E-state index < -0.39 is 0 Å².